The zero-order chi connectivity index (χ0) is 24.7. The van der Waals surface area contributed by atoms with Gasteiger partial charge in [0.25, 0.3) is 5.56 Å². The molecule has 0 unspecified atom stereocenters. The Morgan fingerprint density at radius 2 is 1.81 bits per heavy atom. The maximum atomic E-state index is 13.0. The van der Waals surface area contributed by atoms with Gasteiger partial charge in [-0.15, -0.1) is 0 Å². The number of hydrogen-bond acceptors (Lipinski definition) is 7. The number of carbonyl (C=O) groups excluding carboxylic acids is 1. The summed E-state index contributed by atoms with van der Waals surface area (Å²) in [5.41, 5.74) is 2.39. The maximum Gasteiger partial charge on any atom is 0.251 e. The van der Waals surface area contributed by atoms with Crippen LogP contribution in [-0.4, -0.2) is 66.9 Å². The van der Waals surface area contributed by atoms with Gasteiger partial charge in [-0.25, -0.2) is 0 Å². The van der Waals surface area contributed by atoms with E-state index in [2.05, 4.69) is 9.88 Å². The van der Waals surface area contributed by atoms with Crippen molar-refractivity contribution in [2.45, 2.75) is 25.8 Å². The number of likely N-dealkylation sites (tertiary alicyclic amines) is 1. The van der Waals surface area contributed by atoms with Crippen molar-refractivity contribution in [3.05, 3.63) is 52.9 Å². The number of rotatable bonds is 5. The quantitative estimate of drug-likeness (QED) is 0.544. The van der Waals surface area contributed by atoms with Crippen molar-refractivity contribution >= 4 is 22.6 Å². The largest absolute Gasteiger partial charge is 0.495 e. The van der Waals surface area contributed by atoms with E-state index >= 15 is 0 Å². The number of methoxy groups -OCH3 is 1. The maximum absolute atomic E-state index is 13.0. The van der Waals surface area contributed by atoms with Crippen molar-refractivity contribution in [2.24, 2.45) is 5.41 Å². The lowest BCUT2D eigenvalue weighted by Gasteiger charge is -2.39. The van der Waals surface area contributed by atoms with Crippen molar-refractivity contribution in [1.82, 2.24) is 14.5 Å². The zero-order valence-electron chi connectivity index (χ0n) is 20.4. The third-order valence-corrected chi connectivity index (χ3v) is 7.76. The number of piperidine rings is 1. The van der Waals surface area contributed by atoms with Gasteiger partial charge in [0.05, 0.1) is 24.3 Å². The Labute approximate surface area is 209 Å². The first kappa shape index (κ1) is 22.8. The van der Waals surface area contributed by atoms with Crippen LogP contribution in [0.3, 0.4) is 0 Å². The molecule has 3 aliphatic rings. The van der Waals surface area contributed by atoms with Crippen LogP contribution in [0.4, 0.5) is 5.69 Å². The fourth-order valence-corrected chi connectivity index (χ4v) is 5.65. The van der Waals surface area contributed by atoms with Crippen LogP contribution in [0.25, 0.3) is 11.0 Å². The van der Waals surface area contributed by atoms with E-state index in [1.165, 1.54) is 0 Å². The molecule has 0 radical (unpaired) electrons. The molecular formula is C27H30N4O5. The number of amides is 1. The number of pyridine rings is 2. The highest BCUT2D eigenvalue weighted by Gasteiger charge is 2.45. The summed E-state index contributed by atoms with van der Waals surface area (Å²) < 4.78 is 18.4. The van der Waals surface area contributed by atoms with Crippen LogP contribution in [0, 0.1) is 5.41 Å². The number of hydrogen-bond donors (Lipinski definition) is 0. The van der Waals surface area contributed by atoms with E-state index in [0.29, 0.717) is 37.7 Å². The Kier molecular flexibility index (Phi) is 5.79. The van der Waals surface area contributed by atoms with Crippen LogP contribution in [0.1, 0.15) is 19.3 Å². The van der Waals surface area contributed by atoms with Crippen molar-refractivity contribution in [1.29, 1.82) is 0 Å². The second kappa shape index (κ2) is 9.13. The highest BCUT2D eigenvalue weighted by Crippen LogP contribution is 2.44. The van der Waals surface area contributed by atoms with Crippen molar-refractivity contribution in [2.75, 3.05) is 51.4 Å². The topological polar surface area (TPSA) is 86.1 Å². The van der Waals surface area contributed by atoms with Crippen LogP contribution in [0.15, 0.2) is 47.4 Å². The molecule has 0 saturated carbocycles. The summed E-state index contributed by atoms with van der Waals surface area (Å²) in [5, 5.41) is 0. The number of benzene rings is 1. The molecule has 9 nitrogen and oxygen atoms in total. The lowest BCUT2D eigenvalue weighted by Crippen LogP contribution is -2.43. The number of aromatic nitrogens is 2. The summed E-state index contributed by atoms with van der Waals surface area (Å²) in [7, 11) is 1.60. The molecule has 2 aromatic heterocycles. The fraction of sp³-hybridized carbons (Fsp3) is 0.444. The van der Waals surface area contributed by atoms with E-state index in [-0.39, 0.29) is 16.9 Å². The molecule has 36 heavy (non-hydrogen) atoms. The van der Waals surface area contributed by atoms with Gasteiger partial charge in [-0.2, -0.15) is 0 Å². The minimum atomic E-state index is -0.0394. The summed E-state index contributed by atoms with van der Waals surface area (Å²) in [6, 6.07) is 11.0. The first-order valence-electron chi connectivity index (χ1n) is 12.5. The molecule has 1 amide bonds. The van der Waals surface area contributed by atoms with Crippen LogP contribution in [0.5, 0.6) is 17.2 Å². The average Bonchev–Trinajstić information content (AvgIpc) is 3.23. The predicted octanol–water partition coefficient (Wildman–Crippen LogP) is 2.70. The minimum Gasteiger partial charge on any atom is -0.495 e. The standard InChI is InChI=1S/C27H30N4O5/c1-34-20-15-22-21(28-17-20)3-5-25(32)30(22)11-10-29-8-6-27(7-9-29)16-26(33)31(18-27)19-2-4-23-24(14-19)36-13-12-35-23/h2-5,14-15,17H,6-13,16,18H2,1H3. The number of fused-ring (bicyclic) bond motifs is 2. The summed E-state index contributed by atoms with van der Waals surface area (Å²) >= 11 is 0. The first-order chi connectivity index (χ1) is 17.5. The third-order valence-electron chi connectivity index (χ3n) is 7.76. The van der Waals surface area contributed by atoms with Gasteiger partial charge in [-0.3, -0.25) is 14.6 Å². The van der Waals surface area contributed by atoms with E-state index in [1.54, 1.807) is 30.0 Å². The molecule has 3 aromatic rings. The van der Waals surface area contributed by atoms with Gasteiger partial charge in [0.15, 0.2) is 11.5 Å². The Balaban J connectivity index is 1.11. The molecule has 2 fully saturated rings. The highest BCUT2D eigenvalue weighted by molar-refractivity contribution is 5.96. The van der Waals surface area contributed by atoms with Gasteiger partial charge >= 0.3 is 0 Å². The normalized spacial score (nSPS) is 19.2. The van der Waals surface area contributed by atoms with Gasteiger partial charge in [0, 0.05) is 49.9 Å². The Morgan fingerprint density at radius 1 is 1.00 bits per heavy atom. The molecule has 0 N–H and O–H groups in total. The monoisotopic (exact) mass is 490 g/mol. The third kappa shape index (κ3) is 4.17. The SMILES string of the molecule is COc1cnc2ccc(=O)n(CCN3CCC4(CC3)CC(=O)N(c3ccc5c(c3)OCCO5)C4)c2c1. The number of ether oxygens (including phenoxy) is 3. The zero-order valence-corrected chi connectivity index (χ0v) is 20.4. The molecule has 5 heterocycles. The van der Waals surface area contributed by atoms with E-state index in [9.17, 15) is 9.59 Å². The van der Waals surface area contributed by atoms with E-state index < -0.39 is 0 Å². The lowest BCUT2D eigenvalue weighted by molar-refractivity contribution is -0.118. The van der Waals surface area contributed by atoms with Gasteiger partial charge in [-0.05, 0) is 49.5 Å². The Hall–Kier alpha value is -3.59. The molecule has 6 rings (SSSR count). The molecule has 0 atom stereocenters. The molecule has 2 saturated heterocycles. The average molecular weight is 491 g/mol. The summed E-state index contributed by atoms with van der Waals surface area (Å²) in [4.78, 5) is 34.3. The van der Waals surface area contributed by atoms with Crippen LogP contribution < -0.4 is 24.7 Å². The smallest absolute Gasteiger partial charge is 0.251 e. The molecule has 1 aromatic carbocycles. The molecule has 0 bridgehead atoms. The Bertz CT molecular complexity index is 1360. The molecule has 3 aliphatic heterocycles. The van der Waals surface area contributed by atoms with Gasteiger partial charge in [0.2, 0.25) is 5.91 Å². The molecule has 0 aliphatic carbocycles. The van der Waals surface area contributed by atoms with Crippen LogP contribution >= 0.6 is 0 Å². The van der Waals surface area contributed by atoms with E-state index in [4.69, 9.17) is 14.2 Å². The van der Waals surface area contributed by atoms with Gasteiger partial charge in [-0.1, -0.05) is 0 Å². The summed E-state index contributed by atoms with van der Waals surface area (Å²) in [6.45, 7) is 4.97. The summed E-state index contributed by atoms with van der Waals surface area (Å²) in [6.07, 6.45) is 4.15. The van der Waals surface area contributed by atoms with Crippen molar-refractivity contribution in [3.8, 4) is 17.2 Å². The predicted molar refractivity (Wildman–Crippen MR) is 135 cm³/mol. The molecule has 188 valence electrons. The molecule has 1 spiro atoms. The minimum absolute atomic E-state index is 0.00554. The van der Waals surface area contributed by atoms with Gasteiger partial charge < -0.3 is 28.6 Å². The fourth-order valence-electron chi connectivity index (χ4n) is 5.65. The summed E-state index contributed by atoms with van der Waals surface area (Å²) in [5.74, 6) is 2.25. The highest BCUT2D eigenvalue weighted by atomic mass is 16.6. The number of anilines is 1. The number of nitrogens with zero attached hydrogens (tertiary/aromatic N) is 4. The first-order valence-corrected chi connectivity index (χ1v) is 12.5. The molecule has 9 heteroatoms. The van der Waals surface area contributed by atoms with Gasteiger partial charge in [0.1, 0.15) is 19.0 Å². The van der Waals surface area contributed by atoms with E-state index in [1.807, 2.05) is 29.2 Å². The van der Waals surface area contributed by atoms with Crippen LogP contribution in [-0.2, 0) is 11.3 Å². The second-order valence-corrected chi connectivity index (χ2v) is 9.93. The van der Waals surface area contributed by atoms with Crippen molar-refractivity contribution in [3.63, 3.8) is 0 Å². The van der Waals surface area contributed by atoms with E-state index in [0.717, 1.165) is 61.5 Å². The Morgan fingerprint density at radius 3 is 2.61 bits per heavy atom. The number of carbonyl (C=O) groups is 1. The van der Waals surface area contributed by atoms with Crippen molar-refractivity contribution < 1.29 is 19.0 Å². The lowest BCUT2D eigenvalue weighted by atomic mass is 9.77. The molecular weight excluding hydrogens is 460 g/mol. The van der Waals surface area contributed by atoms with Crippen LogP contribution in [0.2, 0.25) is 0 Å². The second-order valence-electron chi connectivity index (χ2n) is 9.93.